The van der Waals surface area contributed by atoms with E-state index in [0.717, 1.165) is 12.1 Å². The number of likely N-dealkylation sites (N-methyl/N-ethyl adjacent to an activating group) is 1. The Morgan fingerprint density at radius 1 is 1.00 bits per heavy atom. The topological polar surface area (TPSA) is 70.7 Å². The van der Waals surface area contributed by atoms with Gasteiger partial charge in [-0.15, -0.1) is 0 Å². The van der Waals surface area contributed by atoms with Gasteiger partial charge in [0, 0.05) is 24.2 Å². The molecular formula is C20H25N3O3. The van der Waals surface area contributed by atoms with E-state index in [1.807, 2.05) is 44.1 Å². The van der Waals surface area contributed by atoms with Crippen LogP contribution in [-0.4, -0.2) is 51.0 Å². The maximum Gasteiger partial charge on any atom is 0.255 e. The van der Waals surface area contributed by atoms with Crippen LogP contribution in [0.25, 0.3) is 0 Å². The summed E-state index contributed by atoms with van der Waals surface area (Å²) in [5.41, 5.74) is 2.63. The second kappa shape index (κ2) is 9.01. The number of benzene rings is 2. The molecular weight excluding hydrogens is 330 g/mol. The van der Waals surface area contributed by atoms with Crippen LogP contribution < -0.4 is 15.4 Å². The zero-order valence-corrected chi connectivity index (χ0v) is 15.6. The average Bonchev–Trinajstić information content (AvgIpc) is 2.61. The van der Waals surface area contributed by atoms with Gasteiger partial charge >= 0.3 is 0 Å². The van der Waals surface area contributed by atoms with Crippen molar-refractivity contribution in [2.45, 2.75) is 6.92 Å². The monoisotopic (exact) mass is 355 g/mol. The molecule has 2 amide bonds. The van der Waals surface area contributed by atoms with Gasteiger partial charge in [0.05, 0.1) is 12.8 Å². The lowest BCUT2D eigenvalue weighted by Gasteiger charge is -2.12. The number of ether oxygens (including phenoxy) is 1. The lowest BCUT2D eigenvalue weighted by atomic mass is 10.1. The van der Waals surface area contributed by atoms with Gasteiger partial charge in [-0.25, -0.2) is 0 Å². The van der Waals surface area contributed by atoms with Gasteiger partial charge in [0.1, 0.15) is 5.75 Å². The van der Waals surface area contributed by atoms with E-state index in [4.69, 9.17) is 4.74 Å². The summed E-state index contributed by atoms with van der Waals surface area (Å²) in [7, 11) is 5.45. The van der Waals surface area contributed by atoms with Crippen LogP contribution in [0.4, 0.5) is 5.69 Å². The van der Waals surface area contributed by atoms with E-state index in [-0.39, 0.29) is 11.8 Å². The molecule has 0 aromatic heterocycles. The molecule has 0 saturated carbocycles. The van der Waals surface area contributed by atoms with Gasteiger partial charge < -0.3 is 20.3 Å². The number of carbonyl (C=O) groups is 2. The Labute approximate surface area is 154 Å². The molecule has 26 heavy (non-hydrogen) atoms. The number of nitrogens with one attached hydrogen (secondary N) is 2. The zero-order valence-electron chi connectivity index (χ0n) is 15.6. The molecule has 0 radical (unpaired) electrons. The van der Waals surface area contributed by atoms with Gasteiger partial charge in [0.2, 0.25) is 0 Å². The van der Waals surface area contributed by atoms with E-state index >= 15 is 0 Å². The Hall–Kier alpha value is -2.86. The number of nitrogens with zero attached hydrogens (tertiary/aromatic N) is 1. The first-order valence-corrected chi connectivity index (χ1v) is 8.39. The van der Waals surface area contributed by atoms with Gasteiger partial charge in [-0.1, -0.05) is 6.07 Å². The van der Waals surface area contributed by atoms with Crippen molar-refractivity contribution >= 4 is 17.5 Å². The van der Waals surface area contributed by atoms with E-state index in [1.54, 1.807) is 31.4 Å². The largest absolute Gasteiger partial charge is 0.495 e. The second-order valence-corrected chi connectivity index (χ2v) is 6.29. The highest BCUT2D eigenvalue weighted by Crippen LogP contribution is 2.25. The number of rotatable bonds is 7. The lowest BCUT2D eigenvalue weighted by molar-refractivity contribution is 0.0949. The number of carbonyl (C=O) groups excluding carboxylic acids is 2. The van der Waals surface area contributed by atoms with Gasteiger partial charge in [0.15, 0.2) is 0 Å². The third-order valence-electron chi connectivity index (χ3n) is 3.86. The van der Waals surface area contributed by atoms with Gasteiger partial charge in [-0.3, -0.25) is 9.59 Å². The Bertz CT molecular complexity index is 770. The van der Waals surface area contributed by atoms with Crippen LogP contribution in [0.5, 0.6) is 5.75 Å². The summed E-state index contributed by atoms with van der Waals surface area (Å²) >= 11 is 0. The minimum atomic E-state index is -0.256. The third kappa shape index (κ3) is 5.32. The first-order valence-electron chi connectivity index (χ1n) is 8.39. The number of hydrogen-bond donors (Lipinski definition) is 2. The predicted octanol–water partition coefficient (Wildman–Crippen LogP) is 2.55. The molecule has 2 N–H and O–H groups in total. The minimum Gasteiger partial charge on any atom is -0.495 e. The molecule has 6 nitrogen and oxygen atoms in total. The highest BCUT2D eigenvalue weighted by atomic mass is 16.5. The summed E-state index contributed by atoms with van der Waals surface area (Å²) in [4.78, 5) is 26.5. The fraction of sp³-hybridized carbons (Fsp3) is 0.300. The Morgan fingerprint density at radius 3 is 2.19 bits per heavy atom. The van der Waals surface area contributed by atoms with Crippen molar-refractivity contribution < 1.29 is 14.3 Å². The highest BCUT2D eigenvalue weighted by Gasteiger charge is 2.11. The molecule has 0 atom stereocenters. The summed E-state index contributed by atoms with van der Waals surface area (Å²) in [5.74, 6) is 0.188. The van der Waals surface area contributed by atoms with E-state index < -0.39 is 0 Å². The molecule has 6 heteroatoms. The standard InChI is InChI=1S/C20H25N3O3/c1-14-5-10-18(26-4)17(13-14)22-20(25)16-8-6-15(7-9-16)19(24)21-11-12-23(2)3/h5-10,13H,11-12H2,1-4H3,(H,21,24)(H,22,25). The summed E-state index contributed by atoms with van der Waals surface area (Å²) in [6, 6.07) is 12.1. The summed E-state index contributed by atoms with van der Waals surface area (Å²) < 4.78 is 5.27. The maximum absolute atomic E-state index is 12.4. The number of anilines is 1. The summed E-state index contributed by atoms with van der Waals surface area (Å²) in [6.07, 6.45) is 0. The fourth-order valence-electron chi connectivity index (χ4n) is 2.38. The molecule has 0 aliphatic rings. The van der Waals surface area contributed by atoms with Gasteiger partial charge in [-0.05, 0) is 63.0 Å². The molecule has 2 rings (SSSR count). The van der Waals surface area contributed by atoms with Crippen LogP contribution in [0.3, 0.4) is 0 Å². The van der Waals surface area contributed by atoms with Crippen molar-refractivity contribution in [3.05, 3.63) is 59.2 Å². The first kappa shape index (κ1) is 19.5. The van der Waals surface area contributed by atoms with Crippen LogP contribution in [0.15, 0.2) is 42.5 Å². The second-order valence-electron chi connectivity index (χ2n) is 6.29. The van der Waals surface area contributed by atoms with Crippen molar-refractivity contribution in [2.24, 2.45) is 0 Å². The number of amides is 2. The van der Waals surface area contributed by atoms with Crippen molar-refractivity contribution in [1.82, 2.24) is 10.2 Å². The van der Waals surface area contributed by atoms with E-state index in [9.17, 15) is 9.59 Å². The van der Waals surface area contributed by atoms with Crippen LogP contribution in [-0.2, 0) is 0 Å². The normalized spacial score (nSPS) is 10.5. The molecule has 0 aliphatic heterocycles. The Balaban J connectivity index is 2.02. The highest BCUT2D eigenvalue weighted by molar-refractivity contribution is 6.05. The quantitative estimate of drug-likeness (QED) is 0.801. The number of aryl methyl sites for hydroxylation is 1. The molecule has 0 aliphatic carbocycles. The van der Waals surface area contributed by atoms with Crippen molar-refractivity contribution in [1.29, 1.82) is 0 Å². The molecule has 0 bridgehead atoms. The molecule has 2 aromatic rings. The molecule has 0 saturated heterocycles. The Morgan fingerprint density at radius 2 is 1.62 bits per heavy atom. The lowest BCUT2D eigenvalue weighted by Crippen LogP contribution is -2.31. The first-order chi connectivity index (χ1) is 12.4. The van der Waals surface area contributed by atoms with Crippen LogP contribution >= 0.6 is 0 Å². The summed E-state index contributed by atoms with van der Waals surface area (Å²) in [6.45, 7) is 3.28. The van der Waals surface area contributed by atoms with Crippen molar-refractivity contribution in [2.75, 3.05) is 39.6 Å². The zero-order chi connectivity index (χ0) is 19.1. The van der Waals surface area contributed by atoms with Gasteiger partial charge in [0.25, 0.3) is 11.8 Å². The van der Waals surface area contributed by atoms with Crippen LogP contribution in [0, 0.1) is 6.92 Å². The van der Waals surface area contributed by atoms with Crippen LogP contribution in [0.1, 0.15) is 26.3 Å². The van der Waals surface area contributed by atoms with Crippen molar-refractivity contribution in [3.63, 3.8) is 0 Å². The molecule has 0 fully saturated rings. The molecule has 0 spiro atoms. The fourth-order valence-corrected chi connectivity index (χ4v) is 2.38. The molecule has 0 unspecified atom stereocenters. The van der Waals surface area contributed by atoms with Crippen molar-refractivity contribution in [3.8, 4) is 5.75 Å². The third-order valence-corrected chi connectivity index (χ3v) is 3.86. The minimum absolute atomic E-state index is 0.154. The molecule has 138 valence electrons. The number of hydrogen-bond acceptors (Lipinski definition) is 4. The average molecular weight is 355 g/mol. The summed E-state index contributed by atoms with van der Waals surface area (Å²) in [5, 5.41) is 5.69. The maximum atomic E-state index is 12.4. The molecule has 0 heterocycles. The SMILES string of the molecule is COc1ccc(C)cc1NC(=O)c1ccc(C(=O)NCCN(C)C)cc1. The smallest absolute Gasteiger partial charge is 0.255 e. The van der Waals surface area contributed by atoms with Gasteiger partial charge in [-0.2, -0.15) is 0 Å². The Kier molecular flexibility index (Phi) is 6.74. The van der Waals surface area contributed by atoms with Crippen LogP contribution in [0.2, 0.25) is 0 Å². The predicted molar refractivity (Wildman–Crippen MR) is 103 cm³/mol. The van der Waals surface area contributed by atoms with E-state index in [2.05, 4.69) is 10.6 Å². The number of methoxy groups -OCH3 is 1. The molecule has 2 aromatic carbocycles. The van der Waals surface area contributed by atoms with E-state index in [1.165, 1.54) is 0 Å². The van der Waals surface area contributed by atoms with E-state index in [0.29, 0.717) is 29.1 Å².